The summed E-state index contributed by atoms with van der Waals surface area (Å²) in [6, 6.07) is 7.88. The molecule has 0 bridgehead atoms. The highest BCUT2D eigenvalue weighted by molar-refractivity contribution is 5.85. The number of rotatable bonds is 7. The summed E-state index contributed by atoms with van der Waals surface area (Å²) in [4.78, 5) is 11.5. The summed E-state index contributed by atoms with van der Waals surface area (Å²) < 4.78 is 5.46. The highest BCUT2D eigenvalue weighted by atomic mass is 35.5. The summed E-state index contributed by atoms with van der Waals surface area (Å²) in [5, 5.41) is 2.80. The van der Waals surface area contributed by atoms with Crippen LogP contribution in [0, 0.1) is 0 Å². The van der Waals surface area contributed by atoms with E-state index in [0.717, 1.165) is 18.6 Å². The molecular formula is C16H27ClN2O2. The fourth-order valence-electron chi connectivity index (χ4n) is 1.75. The van der Waals surface area contributed by atoms with Gasteiger partial charge in [0.15, 0.2) is 6.61 Å². The minimum absolute atomic E-state index is 0. The molecule has 1 aromatic rings. The Morgan fingerprint density at radius 1 is 1.19 bits per heavy atom. The summed E-state index contributed by atoms with van der Waals surface area (Å²) in [7, 11) is 0. The monoisotopic (exact) mass is 314 g/mol. The fraction of sp³-hybridized carbons (Fsp3) is 0.562. The van der Waals surface area contributed by atoms with Crippen LogP contribution in [0.15, 0.2) is 24.3 Å². The highest BCUT2D eigenvalue weighted by Crippen LogP contribution is 2.24. The first-order valence-corrected chi connectivity index (χ1v) is 7.13. The van der Waals surface area contributed by atoms with E-state index in [4.69, 9.17) is 10.5 Å². The maximum absolute atomic E-state index is 11.5. The molecule has 21 heavy (non-hydrogen) atoms. The molecule has 0 atom stereocenters. The number of carbonyl (C=O) groups is 1. The smallest absolute Gasteiger partial charge is 0.257 e. The van der Waals surface area contributed by atoms with Crippen molar-refractivity contribution in [1.82, 2.24) is 5.32 Å². The summed E-state index contributed by atoms with van der Waals surface area (Å²) in [6.45, 7) is 7.86. The van der Waals surface area contributed by atoms with Crippen molar-refractivity contribution >= 4 is 18.3 Å². The number of halogens is 1. The third-order valence-electron chi connectivity index (χ3n) is 3.04. The molecular weight excluding hydrogens is 288 g/mol. The van der Waals surface area contributed by atoms with Crippen LogP contribution in [0.4, 0.5) is 0 Å². The van der Waals surface area contributed by atoms with Crippen molar-refractivity contribution in [2.24, 2.45) is 5.73 Å². The number of amides is 1. The van der Waals surface area contributed by atoms with Crippen molar-refractivity contribution < 1.29 is 9.53 Å². The van der Waals surface area contributed by atoms with Gasteiger partial charge in [0.25, 0.3) is 5.91 Å². The lowest BCUT2D eigenvalue weighted by Crippen LogP contribution is -2.29. The molecule has 3 N–H and O–H groups in total. The zero-order valence-corrected chi connectivity index (χ0v) is 14.0. The summed E-state index contributed by atoms with van der Waals surface area (Å²) >= 11 is 0. The van der Waals surface area contributed by atoms with Gasteiger partial charge < -0.3 is 15.8 Å². The Balaban J connectivity index is 0.00000400. The second-order valence-corrected chi connectivity index (χ2v) is 5.91. The second-order valence-electron chi connectivity index (χ2n) is 5.91. The molecule has 0 heterocycles. The van der Waals surface area contributed by atoms with Gasteiger partial charge in [0.1, 0.15) is 5.75 Å². The number of benzene rings is 1. The Morgan fingerprint density at radius 2 is 1.81 bits per heavy atom. The van der Waals surface area contributed by atoms with Crippen molar-refractivity contribution in [3.05, 3.63) is 29.8 Å². The van der Waals surface area contributed by atoms with Crippen LogP contribution >= 0.6 is 12.4 Å². The van der Waals surface area contributed by atoms with Crippen LogP contribution in [0.25, 0.3) is 0 Å². The van der Waals surface area contributed by atoms with Crippen LogP contribution in [0.3, 0.4) is 0 Å². The van der Waals surface area contributed by atoms with E-state index in [1.165, 1.54) is 5.56 Å². The second kappa shape index (κ2) is 9.64. The lowest BCUT2D eigenvalue weighted by atomic mass is 9.87. The quantitative estimate of drug-likeness (QED) is 0.760. The Labute approximate surface area is 133 Å². The maximum atomic E-state index is 11.5. The average Bonchev–Trinajstić information content (AvgIpc) is 2.41. The Morgan fingerprint density at radius 3 is 2.33 bits per heavy atom. The molecule has 1 aromatic carbocycles. The molecule has 0 saturated carbocycles. The molecule has 120 valence electrons. The summed E-state index contributed by atoms with van der Waals surface area (Å²) in [5.41, 5.74) is 6.76. The zero-order valence-electron chi connectivity index (χ0n) is 13.1. The Hall–Kier alpha value is -1.26. The molecule has 0 aliphatic heterocycles. The lowest BCUT2D eigenvalue weighted by molar-refractivity contribution is -0.123. The first-order valence-electron chi connectivity index (χ1n) is 7.13. The molecule has 0 aliphatic rings. The van der Waals surface area contributed by atoms with E-state index in [1.54, 1.807) is 0 Å². The Bertz CT molecular complexity index is 413. The van der Waals surface area contributed by atoms with E-state index in [-0.39, 0.29) is 30.3 Å². The predicted octanol–water partition coefficient (Wildman–Crippen LogP) is 2.64. The molecule has 0 saturated heterocycles. The molecule has 1 amide bonds. The molecule has 0 fully saturated rings. The van der Waals surface area contributed by atoms with Crippen molar-refractivity contribution in [2.75, 3.05) is 19.7 Å². The van der Waals surface area contributed by atoms with Crippen LogP contribution in [0.1, 0.15) is 39.2 Å². The van der Waals surface area contributed by atoms with Crippen LogP contribution in [-0.4, -0.2) is 25.6 Å². The van der Waals surface area contributed by atoms with Gasteiger partial charge in [0, 0.05) is 6.54 Å². The van der Waals surface area contributed by atoms with E-state index >= 15 is 0 Å². The minimum Gasteiger partial charge on any atom is -0.484 e. The number of ether oxygens (including phenoxy) is 1. The molecule has 1 rings (SSSR count). The van der Waals surface area contributed by atoms with Gasteiger partial charge in [-0.1, -0.05) is 32.9 Å². The molecule has 0 radical (unpaired) electrons. The molecule has 0 aromatic heterocycles. The molecule has 0 unspecified atom stereocenters. The van der Waals surface area contributed by atoms with Crippen LogP contribution < -0.4 is 15.8 Å². The normalized spacial score (nSPS) is 10.7. The van der Waals surface area contributed by atoms with Gasteiger partial charge in [-0.3, -0.25) is 4.79 Å². The minimum atomic E-state index is -0.0954. The first kappa shape index (κ1) is 19.7. The topological polar surface area (TPSA) is 64.3 Å². The van der Waals surface area contributed by atoms with Crippen LogP contribution in [0.5, 0.6) is 5.75 Å². The van der Waals surface area contributed by atoms with Gasteiger partial charge in [0.2, 0.25) is 0 Å². The largest absolute Gasteiger partial charge is 0.484 e. The fourth-order valence-corrected chi connectivity index (χ4v) is 1.75. The van der Waals surface area contributed by atoms with E-state index in [0.29, 0.717) is 13.1 Å². The number of unbranched alkanes of at least 4 members (excludes halogenated alkanes) is 1. The first-order chi connectivity index (χ1) is 9.43. The number of hydrogen-bond acceptors (Lipinski definition) is 3. The molecule has 0 aliphatic carbocycles. The average molecular weight is 315 g/mol. The van der Waals surface area contributed by atoms with Gasteiger partial charge in [-0.15, -0.1) is 12.4 Å². The van der Waals surface area contributed by atoms with Gasteiger partial charge in [0.05, 0.1) is 0 Å². The number of carbonyl (C=O) groups excluding carboxylic acids is 1. The molecule has 0 spiro atoms. The summed E-state index contributed by atoms with van der Waals surface area (Å²) in [6.07, 6.45) is 1.83. The van der Waals surface area contributed by atoms with Gasteiger partial charge >= 0.3 is 0 Å². The van der Waals surface area contributed by atoms with Gasteiger partial charge in [-0.05, 0) is 42.5 Å². The zero-order chi connectivity index (χ0) is 15.0. The van der Waals surface area contributed by atoms with E-state index < -0.39 is 0 Å². The molecule has 5 heteroatoms. The predicted molar refractivity (Wildman–Crippen MR) is 89.2 cm³/mol. The third kappa shape index (κ3) is 7.93. The van der Waals surface area contributed by atoms with Crippen molar-refractivity contribution in [3.63, 3.8) is 0 Å². The van der Waals surface area contributed by atoms with Crippen molar-refractivity contribution in [2.45, 2.75) is 39.0 Å². The van der Waals surface area contributed by atoms with Crippen molar-refractivity contribution in [3.8, 4) is 5.75 Å². The van der Waals surface area contributed by atoms with Crippen LogP contribution in [-0.2, 0) is 10.2 Å². The van der Waals surface area contributed by atoms with Gasteiger partial charge in [-0.2, -0.15) is 0 Å². The number of hydrogen-bond donors (Lipinski definition) is 2. The van der Waals surface area contributed by atoms with E-state index in [9.17, 15) is 4.79 Å². The molecule has 4 nitrogen and oxygen atoms in total. The highest BCUT2D eigenvalue weighted by Gasteiger charge is 2.13. The Kier molecular flexibility index (Phi) is 9.06. The summed E-state index contributed by atoms with van der Waals surface area (Å²) in [5.74, 6) is 0.622. The third-order valence-corrected chi connectivity index (χ3v) is 3.04. The van der Waals surface area contributed by atoms with Gasteiger partial charge in [-0.25, -0.2) is 0 Å². The SMILES string of the molecule is CC(C)(C)c1ccc(OCC(=O)NCCCCN)cc1.Cl. The number of nitrogens with one attached hydrogen (secondary N) is 1. The standard InChI is InChI=1S/C16H26N2O2.ClH/c1-16(2,3)13-6-8-14(9-7-13)20-12-15(19)18-11-5-4-10-17;/h6-9H,4-5,10-12,17H2,1-3H3,(H,18,19);1H. The number of nitrogens with two attached hydrogens (primary N) is 1. The van der Waals surface area contributed by atoms with E-state index in [1.807, 2.05) is 24.3 Å². The van der Waals surface area contributed by atoms with E-state index in [2.05, 4.69) is 26.1 Å². The maximum Gasteiger partial charge on any atom is 0.257 e. The van der Waals surface area contributed by atoms with Crippen LogP contribution in [0.2, 0.25) is 0 Å². The van der Waals surface area contributed by atoms with Crippen molar-refractivity contribution in [1.29, 1.82) is 0 Å². The lowest BCUT2D eigenvalue weighted by Gasteiger charge is -2.19.